The molecule has 0 unspecified atom stereocenters. The zero-order valence-electron chi connectivity index (χ0n) is 8.77. The molecule has 0 aliphatic rings. The summed E-state index contributed by atoms with van der Waals surface area (Å²) in [5.41, 5.74) is 1.21. The molecular formula is C7H8F3N5O3. The number of anilines is 1. The number of nitrogen functional groups attached to an aromatic ring is 1. The molecule has 0 saturated heterocycles. The van der Waals surface area contributed by atoms with Gasteiger partial charge in [-0.3, -0.25) is 10.1 Å². The molecule has 8 nitrogen and oxygen atoms in total. The van der Waals surface area contributed by atoms with Gasteiger partial charge in [-0.2, -0.15) is 18.2 Å². The summed E-state index contributed by atoms with van der Waals surface area (Å²) in [5, 5.41) is 10.7. The van der Waals surface area contributed by atoms with E-state index in [0.717, 1.165) is 6.33 Å². The van der Waals surface area contributed by atoms with Crippen molar-refractivity contribution in [3.05, 3.63) is 16.4 Å². The molecule has 0 spiro atoms. The Hall–Kier alpha value is -2.17. The third-order valence-corrected chi connectivity index (χ3v) is 1.73. The van der Waals surface area contributed by atoms with Gasteiger partial charge in [-0.1, -0.05) is 0 Å². The molecule has 0 aliphatic heterocycles. The Bertz CT molecular complexity index is 439. The molecule has 18 heavy (non-hydrogen) atoms. The van der Waals surface area contributed by atoms with E-state index in [1.54, 1.807) is 0 Å². The van der Waals surface area contributed by atoms with Crippen molar-refractivity contribution in [1.29, 1.82) is 0 Å². The highest BCUT2D eigenvalue weighted by atomic mass is 19.4. The van der Waals surface area contributed by atoms with Crippen molar-refractivity contribution in [2.24, 2.45) is 5.84 Å². The SMILES string of the molecule is NNc1ncnc(OCCC(F)(F)F)c1[N+](=O)[O-]. The first kappa shape index (κ1) is 13.9. The first-order valence-electron chi connectivity index (χ1n) is 4.50. The Labute approximate surface area is 98.1 Å². The van der Waals surface area contributed by atoms with E-state index in [4.69, 9.17) is 5.84 Å². The van der Waals surface area contributed by atoms with E-state index in [1.165, 1.54) is 0 Å². The highest BCUT2D eigenvalue weighted by Crippen LogP contribution is 2.30. The van der Waals surface area contributed by atoms with Crippen molar-refractivity contribution in [3.8, 4) is 5.88 Å². The summed E-state index contributed by atoms with van der Waals surface area (Å²) >= 11 is 0. The molecule has 0 radical (unpaired) electrons. The molecular weight excluding hydrogens is 259 g/mol. The molecule has 0 fully saturated rings. The van der Waals surface area contributed by atoms with Crippen LogP contribution in [0.4, 0.5) is 24.7 Å². The standard InChI is InChI=1S/C7H8F3N5O3/c8-7(9,10)1-2-18-6-4(15(16)17)5(14-11)12-3-13-6/h3H,1-2,11H2,(H,12,13,14). The van der Waals surface area contributed by atoms with Crippen molar-refractivity contribution in [2.45, 2.75) is 12.6 Å². The van der Waals surface area contributed by atoms with Gasteiger partial charge in [0.1, 0.15) is 6.33 Å². The minimum Gasteiger partial charge on any atom is -0.472 e. The van der Waals surface area contributed by atoms with Crippen molar-refractivity contribution in [1.82, 2.24) is 9.97 Å². The monoisotopic (exact) mass is 267 g/mol. The van der Waals surface area contributed by atoms with E-state index in [9.17, 15) is 23.3 Å². The van der Waals surface area contributed by atoms with E-state index < -0.39 is 35.7 Å². The first-order valence-corrected chi connectivity index (χ1v) is 4.50. The van der Waals surface area contributed by atoms with Gasteiger partial charge in [0.15, 0.2) is 0 Å². The molecule has 0 saturated carbocycles. The minimum atomic E-state index is -4.42. The molecule has 0 atom stereocenters. The number of nitro groups is 1. The number of rotatable bonds is 5. The van der Waals surface area contributed by atoms with E-state index in [2.05, 4.69) is 14.7 Å². The van der Waals surface area contributed by atoms with Gasteiger partial charge in [0.2, 0.25) is 5.82 Å². The maximum Gasteiger partial charge on any atom is 0.392 e. The number of hydrogen-bond donors (Lipinski definition) is 2. The van der Waals surface area contributed by atoms with Crippen LogP contribution in [0.3, 0.4) is 0 Å². The van der Waals surface area contributed by atoms with Gasteiger partial charge >= 0.3 is 11.9 Å². The second-order valence-electron chi connectivity index (χ2n) is 2.99. The lowest BCUT2D eigenvalue weighted by Crippen LogP contribution is -2.15. The molecule has 100 valence electrons. The van der Waals surface area contributed by atoms with Crippen molar-refractivity contribution in [3.63, 3.8) is 0 Å². The van der Waals surface area contributed by atoms with Crippen LogP contribution in [0.5, 0.6) is 5.88 Å². The summed E-state index contributed by atoms with van der Waals surface area (Å²) in [4.78, 5) is 16.6. The van der Waals surface area contributed by atoms with Crippen LogP contribution < -0.4 is 16.0 Å². The number of nitrogens with two attached hydrogens (primary N) is 1. The van der Waals surface area contributed by atoms with Crippen LogP contribution in [0.25, 0.3) is 0 Å². The molecule has 3 N–H and O–H groups in total. The zero-order valence-corrected chi connectivity index (χ0v) is 8.77. The third-order valence-electron chi connectivity index (χ3n) is 1.73. The zero-order chi connectivity index (χ0) is 13.8. The molecule has 0 bridgehead atoms. The second kappa shape index (κ2) is 5.44. The summed E-state index contributed by atoms with van der Waals surface area (Å²) in [5.74, 6) is 4.05. The highest BCUT2D eigenvalue weighted by molar-refractivity contribution is 5.60. The van der Waals surface area contributed by atoms with Crippen LogP contribution in [0.2, 0.25) is 0 Å². The van der Waals surface area contributed by atoms with Gasteiger partial charge in [0.25, 0.3) is 5.88 Å². The van der Waals surface area contributed by atoms with Crippen LogP contribution >= 0.6 is 0 Å². The predicted molar refractivity (Wildman–Crippen MR) is 52.7 cm³/mol. The van der Waals surface area contributed by atoms with Gasteiger partial charge in [0.05, 0.1) is 18.0 Å². The van der Waals surface area contributed by atoms with Crippen LogP contribution in [0.15, 0.2) is 6.33 Å². The second-order valence-corrected chi connectivity index (χ2v) is 2.99. The van der Waals surface area contributed by atoms with Gasteiger partial charge in [0, 0.05) is 0 Å². The lowest BCUT2D eigenvalue weighted by atomic mass is 10.4. The Kier molecular flexibility index (Phi) is 4.20. The van der Waals surface area contributed by atoms with E-state index in [-0.39, 0.29) is 5.82 Å². The van der Waals surface area contributed by atoms with Crippen LogP contribution in [-0.2, 0) is 0 Å². The first-order chi connectivity index (χ1) is 8.35. The fourth-order valence-electron chi connectivity index (χ4n) is 1.00. The number of nitrogens with zero attached hydrogens (tertiary/aromatic N) is 3. The van der Waals surface area contributed by atoms with Crippen LogP contribution in [0.1, 0.15) is 6.42 Å². The average Bonchev–Trinajstić information content (AvgIpc) is 2.26. The molecule has 1 aromatic rings. The molecule has 1 heterocycles. The number of ether oxygens (including phenoxy) is 1. The molecule has 0 aromatic carbocycles. The van der Waals surface area contributed by atoms with Crippen LogP contribution in [0, 0.1) is 10.1 Å². The average molecular weight is 267 g/mol. The number of halogens is 3. The number of alkyl halides is 3. The summed E-state index contributed by atoms with van der Waals surface area (Å²) < 4.78 is 40.3. The fraction of sp³-hybridized carbons (Fsp3) is 0.429. The molecule has 0 aliphatic carbocycles. The Morgan fingerprint density at radius 2 is 2.17 bits per heavy atom. The van der Waals surface area contributed by atoms with E-state index in [0.29, 0.717) is 0 Å². The lowest BCUT2D eigenvalue weighted by Gasteiger charge is -2.08. The smallest absolute Gasteiger partial charge is 0.392 e. The lowest BCUT2D eigenvalue weighted by molar-refractivity contribution is -0.385. The Morgan fingerprint density at radius 3 is 2.67 bits per heavy atom. The quantitative estimate of drug-likeness (QED) is 0.464. The van der Waals surface area contributed by atoms with Crippen molar-refractivity contribution in [2.75, 3.05) is 12.0 Å². The molecule has 1 aromatic heterocycles. The minimum absolute atomic E-state index is 0.350. The van der Waals surface area contributed by atoms with E-state index >= 15 is 0 Å². The number of hydrogen-bond acceptors (Lipinski definition) is 7. The van der Waals surface area contributed by atoms with E-state index in [1.807, 2.05) is 5.43 Å². The molecule has 11 heteroatoms. The Morgan fingerprint density at radius 1 is 1.50 bits per heavy atom. The molecule has 0 amide bonds. The highest BCUT2D eigenvalue weighted by Gasteiger charge is 2.29. The number of hydrazine groups is 1. The Balaban J connectivity index is 2.85. The third kappa shape index (κ3) is 3.69. The summed E-state index contributed by atoms with van der Waals surface area (Å²) in [7, 11) is 0. The fourth-order valence-corrected chi connectivity index (χ4v) is 1.00. The van der Waals surface area contributed by atoms with Crippen LogP contribution in [-0.4, -0.2) is 27.7 Å². The number of nitrogens with one attached hydrogen (secondary N) is 1. The molecule has 1 rings (SSSR count). The normalized spacial score (nSPS) is 11.1. The number of aromatic nitrogens is 2. The summed E-state index contributed by atoms with van der Waals surface area (Å²) in [6.07, 6.45) is -4.79. The van der Waals surface area contributed by atoms with Gasteiger partial charge < -0.3 is 10.2 Å². The topological polar surface area (TPSA) is 116 Å². The summed E-state index contributed by atoms with van der Waals surface area (Å²) in [6.45, 7) is -0.786. The van der Waals surface area contributed by atoms with Gasteiger partial charge in [-0.25, -0.2) is 10.8 Å². The largest absolute Gasteiger partial charge is 0.472 e. The van der Waals surface area contributed by atoms with Crippen molar-refractivity contribution < 1.29 is 22.8 Å². The maximum absolute atomic E-state index is 11.9. The van der Waals surface area contributed by atoms with Gasteiger partial charge in [-0.15, -0.1) is 0 Å². The maximum atomic E-state index is 11.9. The predicted octanol–water partition coefficient (Wildman–Crippen LogP) is 1.00. The van der Waals surface area contributed by atoms with Crippen molar-refractivity contribution >= 4 is 11.5 Å². The van der Waals surface area contributed by atoms with Gasteiger partial charge in [-0.05, 0) is 0 Å². The summed E-state index contributed by atoms with van der Waals surface area (Å²) in [6, 6.07) is 0.